The normalized spacial score (nSPS) is 11.0. The highest BCUT2D eigenvalue weighted by molar-refractivity contribution is 9.10. The van der Waals surface area contributed by atoms with Gasteiger partial charge >= 0.3 is 0 Å². The first kappa shape index (κ1) is 17.2. The molecule has 1 heterocycles. The summed E-state index contributed by atoms with van der Waals surface area (Å²) < 4.78 is 3.21. The molecule has 0 fully saturated rings. The van der Waals surface area contributed by atoms with E-state index in [0.717, 1.165) is 27.1 Å². The molecule has 3 rings (SSSR count). The van der Waals surface area contributed by atoms with E-state index in [1.807, 2.05) is 37.3 Å². The van der Waals surface area contributed by atoms with Crippen LogP contribution in [-0.2, 0) is 0 Å². The number of hydrogen-bond donors (Lipinski definition) is 1. The molecular weight excluding hydrogens is 378 g/mol. The van der Waals surface area contributed by atoms with Gasteiger partial charge in [-0.05, 0) is 56.3 Å². The fourth-order valence-electron chi connectivity index (χ4n) is 2.72. The summed E-state index contributed by atoms with van der Waals surface area (Å²) in [6, 6.07) is 19.2. The van der Waals surface area contributed by atoms with Gasteiger partial charge in [0.2, 0.25) is 0 Å². The molecule has 0 atom stereocenters. The van der Waals surface area contributed by atoms with Crippen molar-refractivity contribution in [3.63, 3.8) is 0 Å². The van der Waals surface area contributed by atoms with Gasteiger partial charge in [-0.3, -0.25) is 4.79 Å². The monoisotopic (exact) mass is 395 g/mol. The van der Waals surface area contributed by atoms with Crippen LogP contribution in [-0.4, -0.2) is 16.7 Å². The van der Waals surface area contributed by atoms with Crippen molar-refractivity contribution in [1.29, 1.82) is 0 Å². The molecule has 0 aliphatic carbocycles. The number of hydrogen-bond acceptors (Lipinski definition) is 2. The van der Waals surface area contributed by atoms with Crippen LogP contribution < -0.4 is 5.43 Å². The predicted octanol–water partition coefficient (Wildman–Crippen LogP) is 4.62. The third kappa shape index (κ3) is 3.88. The Morgan fingerprint density at radius 1 is 1.08 bits per heavy atom. The van der Waals surface area contributed by atoms with E-state index in [1.54, 1.807) is 18.3 Å². The van der Waals surface area contributed by atoms with Crippen LogP contribution in [0.15, 0.2) is 70.2 Å². The van der Waals surface area contributed by atoms with Gasteiger partial charge in [0.05, 0.1) is 6.21 Å². The minimum Gasteiger partial charge on any atom is -0.318 e. The Bertz CT molecular complexity index is 912. The first-order valence-electron chi connectivity index (χ1n) is 7.89. The number of carbonyl (C=O) groups excluding carboxylic acids is 1. The molecule has 25 heavy (non-hydrogen) atoms. The smallest absolute Gasteiger partial charge is 0.271 e. The first-order chi connectivity index (χ1) is 12.1. The second-order valence-electron chi connectivity index (χ2n) is 5.70. The second-order valence-corrected chi connectivity index (χ2v) is 6.62. The highest BCUT2D eigenvalue weighted by Crippen LogP contribution is 2.21. The van der Waals surface area contributed by atoms with Crippen LogP contribution in [0.2, 0.25) is 0 Å². The molecule has 2 aromatic carbocycles. The van der Waals surface area contributed by atoms with Crippen molar-refractivity contribution in [2.24, 2.45) is 5.10 Å². The molecule has 0 aliphatic rings. The van der Waals surface area contributed by atoms with E-state index in [0.29, 0.717) is 5.56 Å². The minimum absolute atomic E-state index is 0.224. The van der Waals surface area contributed by atoms with Gasteiger partial charge in [-0.25, -0.2) is 5.43 Å². The number of amides is 1. The van der Waals surface area contributed by atoms with Crippen LogP contribution in [0, 0.1) is 13.8 Å². The molecule has 0 saturated heterocycles. The number of halogens is 1. The van der Waals surface area contributed by atoms with E-state index in [1.165, 1.54) is 0 Å². The van der Waals surface area contributed by atoms with Crippen molar-refractivity contribution >= 4 is 28.1 Å². The van der Waals surface area contributed by atoms with E-state index in [9.17, 15) is 4.79 Å². The largest absolute Gasteiger partial charge is 0.318 e. The van der Waals surface area contributed by atoms with E-state index in [-0.39, 0.29) is 5.91 Å². The maximum Gasteiger partial charge on any atom is 0.271 e. The highest BCUT2D eigenvalue weighted by atomic mass is 79.9. The molecule has 0 bridgehead atoms. The first-order valence-corrected chi connectivity index (χ1v) is 8.69. The molecule has 0 radical (unpaired) electrons. The fraction of sp³-hybridized carbons (Fsp3) is 0.100. The van der Waals surface area contributed by atoms with E-state index < -0.39 is 0 Å². The third-order valence-electron chi connectivity index (χ3n) is 3.96. The van der Waals surface area contributed by atoms with Crippen molar-refractivity contribution < 1.29 is 4.79 Å². The average molecular weight is 396 g/mol. The van der Waals surface area contributed by atoms with Crippen LogP contribution in [0.1, 0.15) is 27.3 Å². The lowest BCUT2D eigenvalue weighted by molar-refractivity contribution is 0.0955. The molecule has 4 nitrogen and oxygen atoms in total. The molecule has 0 saturated carbocycles. The summed E-state index contributed by atoms with van der Waals surface area (Å²) in [6.07, 6.45) is 1.68. The van der Waals surface area contributed by atoms with Gasteiger partial charge in [-0.1, -0.05) is 34.1 Å². The van der Waals surface area contributed by atoms with Gasteiger partial charge in [0, 0.05) is 32.7 Å². The minimum atomic E-state index is -0.224. The van der Waals surface area contributed by atoms with Crippen LogP contribution in [0.25, 0.3) is 5.69 Å². The Hall–Kier alpha value is -2.66. The number of nitrogens with zero attached hydrogens (tertiary/aromatic N) is 2. The predicted molar refractivity (Wildman–Crippen MR) is 104 cm³/mol. The molecule has 0 unspecified atom stereocenters. The number of carbonyl (C=O) groups is 1. The van der Waals surface area contributed by atoms with Gasteiger partial charge in [0.15, 0.2) is 0 Å². The summed E-state index contributed by atoms with van der Waals surface area (Å²) in [5.41, 5.74) is 7.38. The molecule has 1 amide bonds. The Morgan fingerprint density at radius 2 is 1.76 bits per heavy atom. The van der Waals surface area contributed by atoms with Gasteiger partial charge < -0.3 is 4.57 Å². The average Bonchev–Trinajstić information content (AvgIpc) is 2.90. The van der Waals surface area contributed by atoms with Gasteiger partial charge in [0.1, 0.15) is 0 Å². The van der Waals surface area contributed by atoms with E-state index >= 15 is 0 Å². The SMILES string of the molecule is Cc1cc(/C=N/NC(=O)c2ccccc2)c(C)n1-c1ccc(Br)cc1. The molecule has 5 heteroatoms. The van der Waals surface area contributed by atoms with E-state index in [4.69, 9.17) is 0 Å². The summed E-state index contributed by atoms with van der Waals surface area (Å²) >= 11 is 3.46. The Morgan fingerprint density at radius 3 is 2.44 bits per heavy atom. The summed E-state index contributed by atoms with van der Waals surface area (Å²) in [5.74, 6) is -0.224. The third-order valence-corrected chi connectivity index (χ3v) is 4.49. The topological polar surface area (TPSA) is 46.4 Å². The molecule has 1 aromatic heterocycles. The lowest BCUT2D eigenvalue weighted by atomic mass is 10.2. The maximum atomic E-state index is 12.0. The maximum absolute atomic E-state index is 12.0. The van der Waals surface area contributed by atoms with E-state index in [2.05, 4.69) is 56.1 Å². The van der Waals surface area contributed by atoms with Crippen LogP contribution in [0.3, 0.4) is 0 Å². The van der Waals surface area contributed by atoms with Crippen molar-refractivity contribution in [2.45, 2.75) is 13.8 Å². The Labute approximate surface area is 155 Å². The number of aryl methyl sites for hydroxylation is 1. The lowest BCUT2D eigenvalue weighted by Crippen LogP contribution is -2.17. The zero-order valence-electron chi connectivity index (χ0n) is 14.0. The molecule has 3 aromatic rings. The standard InChI is InChI=1S/C20H18BrN3O/c1-14-12-17(13-22-23-20(25)16-6-4-3-5-7-16)15(2)24(14)19-10-8-18(21)9-11-19/h3-13H,1-2H3,(H,23,25)/b22-13+. The summed E-state index contributed by atoms with van der Waals surface area (Å²) in [7, 11) is 0. The number of nitrogens with one attached hydrogen (secondary N) is 1. The molecular formula is C20H18BrN3O. The van der Waals surface area contributed by atoms with Crippen LogP contribution >= 0.6 is 15.9 Å². The van der Waals surface area contributed by atoms with Crippen molar-refractivity contribution in [3.8, 4) is 5.69 Å². The lowest BCUT2D eigenvalue weighted by Gasteiger charge is -2.09. The van der Waals surface area contributed by atoms with Gasteiger partial charge in [-0.15, -0.1) is 0 Å². The fourth-order valence-corrected chi connectivity index (χ4v) is 2.98. The number of benzene rings is 2. The highest BCUT2D eigenvalue weighted by Gasteiger charge is 2.09. The zero-order chi connectivity index (χ0) is 17.8. The number of hydrazone groups is 1. The van der Waals surface area contributed by atoms with Crippen molar-refractivity contribution in [1.82, 2.24) is 9.99 Å². The summed E-state index contributed by atoms with van der Waals surface area (Å²) in [6.45, 7) is 4.09. The van der Waals surface area contributed by atoms with Gasteiger partial charge in [0.25, 0.3) is 5.91 Å². The number of aromatic nitrogens is 1. The molecule has 126 valence electrons. The molecule has 1 N–H and O–H groups in total. The van der Waals surface area contributed by atoms with Gasteiger partial charge in [-0.2, -0.15) is 5.10 Å². The second kappa shape index (κ2) is 7.49. The molecule has 0 aliphatic heterocycles. The molecule has 0 spiro atoms. The Balaban J connectivity index is 1.79. The summed E-state index contributed by atoms with van der Waals surface area (Å²) in [4.78, 5) is 12.0. The van der Waals surface area contributed by atoms with Crippen LogP contribution in [0.4, 0.5) is 0 Å². The zero-order valence-corrected chi connectivity index (χ0v) is 15.6. The summed E-state index contributed by atoms with van der Waals surface area (Å²) in [5, 5.41) is 4.10. The van der Waals surface area contributed by atoms with Crippen LogP contribution in [0.5, 0.6) is 0 Å². The quantitative estimate of drug-likeness (QED) is 0.508. The number of rotatable bonds is 4. The van der Waals surface area contributed by atoms with Crippen molar-refractivity contribution in [2.75, 3.05) is 0 Å². The van der Waals surface area contributed by atoms with Crippen molar-refractivity contribution in [3.05, 3.63) is 87.7 Å². The Kier molecular flexibility index (Phi) is 5.14.